The summed E-state index contributed by atoms with van der Waals surface area (Å²) < 4.78 is 7.39. The summed E-state index contributed by atoms with van der Waals surface area (Å²) in [7, 11) is 0. The first-order valence-electron chi connectivity index (χ1n) is 10.2. The highest BCUT2D eigenvalue weighted by Crippen LogP contribution is 2.42. The number of anilines is 1. The van der Waals surface area contributed by atoms with E-state index in [1.54, 1.807) is 23.2 Å². The zero-order valence-electron chi connectivity index (χ0n) is 16.7. The van der Waals surface area contributed by atoms with Gasteiger partial charge in [-0.3, -0.25) is 19.1 Å². The number of unbranched alkanes of at least 4 members (excludes halogenated alkanes) is 2. The molecule has 29 heavy (non-hydrogen) atoms. The van der Waals surface area contributed by atoms with Crippen LogP contribution >= 0.6 is 11.3 Å². The van der Waals surface area contributed by atoms with Gasteiger partial charge in [-0.2, -0.15) is 0 Å². The Bertz CT molecular complexity index is 1010. The van der Waals surface area contributed by atoms with E-state index < -0.39 is 17.9 Å². The van der Waals surface area contributed by atoms with Gasteiger partial charge in [-0.1, -0.05) is 38.0 Å². The number of carbonyl (C=O) groups excluding carboxylic acids is 2. The van der Waals surface area contributed by atoms with Gasteiger partial charge in [0.15, 0.2) is 5.92 Å². The van der Waals surface area contributed by atoms with Gasteiger partial charge in [-0.15, -0.1) is 11.3 Å². The lowest BCUT2D eigenvalue weighted by Crippen LogP contribution is -2.50. The number of thiophene rings is 1. The molecule has 6 nitrogen and oxygen atoms in total. The average molecular weight is 412 g/mol. The summed E-state index contributed by atoms with van der Waals surface area (Å²) in [6.45, 7) is 4.68. The quantitative estimate of drug-likeness (QED) is 0.328. The second-order valence-corrected chi connectivity index (χ2v) is 8.14. The van der Waals surface area contributed by atoms with Crippen molar-refractivity contribution in [2.24, 2.45) is 5.92 Å². The predicted molar refractivity (Wildman–Crippen MR) is 114 cm³/mol. The summed E-state index contributed by atoms with van der Waals surface area (Å²) in [6, 6.07) is 11.3. The highest BCUT2D eigenvalue weighted by molar-refractivity contribution is 7.10. The first kappa shape index (κ1) is 19.6. The molecule has 0 fully saturated rings. The zero-order chi connectivity index (χ0) is 20.4. The summed E-state index contributed by atoms with van der Waals surface area (Å²) in [5.74, 6) is -0.993. The number of fused-ring (bicyclic) bond motifs is 3. The van der Waals surface area contributed by atoms with Crippen LogP contribution in [-0.4, -0.2) is 34.6 Å². The topological polar surface area (TPSA) is 64.4 Å². The van der Waals surface area contributed by atoms with E-state index in [4.69, 9.17) is 9.72 Å². The molecule has 1 aliphatic heterocycles. The van der Waals surface area contributed by atoms with Crippen molar-refractivity contribution in [1.29, 1.82) is 0 Å². The van der Waals surface area contributed by atoms with E-state index in [0.29, 0.717) is 12.5 Å². The number of hydrogen-bond donors (Lipinski definition) is 0. The molecule has 1 amide bonds. The Morgan fingerprint density at radius 1 is 1.17 bits per heavy atom. The number of rotatable bonds is 7. The van der Waals surface area contributed by atoms with E-state index in [1.807, 2.05) is 41.8 Å². The van der Waals surface area contributed by atoms with Crippen LogP contribution in [0.4, 0.5) is 5.95 Å². The van der Waals surface area contributed by atoms with E-state index >= 15 is 0 Å². The molecule has 0 spiro atoms. The number of benzene rings is 1. The third-order valence-corrected chi connectivity index (χ3v) is 6.25. The van der Waals surface area contributed by atoms with Crippen molar-refractivity contribution in [1.82, 2.24) is 9.55 Å². The Labute approximate surface area is 174 Å². The lowest BCUT2D eigenvalue weighted by atomic mass is 9.93. The van der Waals surface area contributed by atoms with E-state index in [9.17, 15) is 9.59 Å². The van der Waals surface area contributed by atoms with E-state index in [2.05, 4.69) is 11.5 Å². The number of imidazole rings is 1. The van der Waals surface area contributed by atoms with Crippen molar-refractivity contribution in [3.63, 3.8) is 0 Å². The number of carbonyl (C=O) groups is 2. The number of esters is 1. The van der Waals surface area contributed by atoms with Crippen LogP contribution in [0.25, 0.3) is 11.0 Å². The third kappa shape index (κ3) is 3.44. The van der Waals surface area contributed by atoms with Gasteiger partial charge in [0.1, 0.15) is 0 Å². The molecule has 0 bridgehead atoms. The summed E-state index contributed by atoms with van der Waals surface area (Å²) in [4.78, 5) is 33.9. The second kappa shape index (κ2) is 8.37. The van der Waals surface area contributed by atoms with Crippen LogP contribution in [0, 0.1) is 5.92 Å². The third-order valence-electron chi connectivity index (χ3n) is 5.31. The molecular weight excluding hydrogens is 386 g/mol. The normalized spacial score (nSPS) is 18.8. The second-order valence-electron chi connectivity index (χ2n) is 7.16. The summed E-state index contributed by atoms with van der Waals surface area (Å²) in [5.41, 5.74) is 1.74. The Morgan fingerprint density at radius 2 is 2.00 bits per heavy atom. The largest absolute Gasteiger partial charge is 0.465 e. The van der Waals surface area contributed by atoms with Gasteiger partial charge in [-0.25, -0.2) is 4.98 Å². The predicted octanol–water partition coefficient (Wildman–Crippen LogP) is 4.40. The van der Waals surface area contributed by atoms with E-state index in [0.717, 1.165) is 35.2 Å². The highest BCUT2D eigenvalue weighted by Gasteiger charge is 2.48. The van der Waals surface area contributed by atoms with Crippen LogP contribution in [0.5, 0.6) is 0 Å². The molecule has 7 heteroatoms. The minimum absolute atomic E-state index is 0.222. The number of hydrogen-bond acceptors (Lipinski definition) is 5. The van der Waals surface area contributed by atoms with Gasteiger partial charge in [-0.05, 0) is 36.9 Å². The van der Waals surface area contributed by atoms with Gasteiger partial charge in [0.05, 0.1) is 23.7 Å². The fourth-order valence-corrected chi connectivity index (χ4v) is 4.84. The van der Waals surface area contributed by atoms with Crippen LogP contribution in [0.1, 0.15) is 44.0 Å². The molecule has 0 saturated heterocycles. The monoisotopic (exact) mass is 411 g/mol. The summed E-state index contributed by atoms with van der Waals surface area (Å²) in [6.07, 6.45) is 2.94. The van der Waals surface area contributed by atoms with Crippen LogP contribution in [0.3, 0.4) is 0 Å². The summed E-state index contributed by atoms with van der Waals surface area (Å²) >= 11 is 1.54. The molecule has 0 N–H and O–H groups in total. The maximum absolute atomic E-state index is 13.6. The SMILES string of the molecule is CCCCCN1C(=O)C(C(=O)OCC)C(c2cccs2)n2c1nc1ccccc12. The molecule has 0 saturated carbocycles. The molecule has 1 aromatic carbocycles. The Hall–Kier alpha value is -2.67. The van der Waals surface area contributed by atoms with Crippen molar-refractivity contribution in [2.75, 3.05) is 18.1 Å². The molecule has 0 aliphatic carbocycles. The van der Waals surface area contributed by atoms with Crippen molar-refractivity contribution in [3.05, 3.63) is 46.7 Å². The van der Waals surface area contributed by atoms with Crippen molar-refractivity contribution < 1.29 is 14.3 Å². The molecule has 152 valence electrons. The fraction of sp³-hybridized carbons (Fsp3) is 0.409. The van der Waals surface area contributed by atoms with Gasteiger partial charge in [0.2, 0.25) is 11.9 Å². The van der Waals surface area contributed by atoms with Gasteiger partial charge in [0.25, 0.3) is 0 Å². The molecule has 4 rings (SSSR count). The lowest BCUT2D eigenvalue weighted by molar-refractivity contribution is -0.153. The average Bonchev–Trinajstić information content (AvgIpc) is 3.37. The van der Waals surface area contributed by atoms with Gasteiger partial charge < -0.3 is 4.74 Å². The van der Waals surface area contributed by atoms with Crippen LogP contribution in [0.2, 0.25) is 0 Å². The highest BCUT2D eigenvalue weighted by atomic mass is 32.1. The fourth-order valence-electron chi connectivity index (χ4n) is 3.99. The molecular formula is C22H25N3O3S. The molecule has 3 aromatic rings. The van der Waals surface area contributed by atoms with Crippen molar-refractivity contribution in [2.45, 2.75) is 39.2 Å². The van der Waals surface area contributed by atoms with Gasteiger partial charge >= 0.3 is 5.97 Å². The maximum atomic E-state index is 13.6. The maximum Gasteiger partial charge on any atom is 0.321 e. The first-order chi connectivity index (χ1) is 14.2. The molecule has 0 radical (unpaired) electrons. The molecule has 2 aromatic heterocycles. The van der Waals surface area contributed by atoms with E-state index in [-0.39, 0.29) is 12.5 Å². The number of aromatic nitrogens is 2. The lowest BCUT2D eigenvalue weighted by Gasteiger charge is -2.37. The van der Waals surface area contributed by atoms with Crippen LogP contribution in [0.15, 0.2) is 41.8 Å². The standard InChI is InChI=1S/C22H25N3O3S/c1-3-5-8-13-24-20(26)18(21(27)28-4-2)19(17-12-9-14-29-17)25-16-11-7-6-10-15(16)23-22(24)25/h6-7,9-12,14,18-19H,3-5,8,13H2,1-2H3. The minimum Gasteiger partial charge on any atom is -0.465 e. The Kier molecular flexibility index (Phi) is 5.67. The number of para-hydroxylation sites is 2. The number of ether oxygens (including phenoxy) is 1. The Balaban J connectivity index is 1.91. The summed E-state index contributed by atoms with van der Waals surface area (Å²) in [5, 5.41) is 1.97. The van der Waals surface area contributed by atoms with Crippen LogP contribution in [-0.2, 0) is 14.3 Å². The van der Waals surface area contributed by atoms with Crippen molar-refractivity contribution >= 4 is 40.2 Å². The molecule has 1 aliphatic rings. The minimum atomic E-state index is -0.916. The van der Waals surface area contributed by atoms with Crippen molar-refractivity contribution in [3.8, 4) is 0 Å². The molecule has 2 atom stereocenters. The smallest absolute Gasteiger partial charge is 0.321 e. The Morgan fingerprint density at radius 3 is 2.72 bits per heavy atom. The first-order valence-corrected chi connectivity index (χ1v) is 11.0. The van der Waals surface area contributed by atoms with Crippen LogP contribution < -0.4 is 4.90 Å². The molecule has 3 heterocycles. The van der Waals surface area contributed by atoms with E-state index in [1.165, 1.54) is 0 Å². The van der Waals surface area contributed by atoms with Gasteiger partial charge in [0, 0.05) is 11.4 Å². The number of amides is 1. The number of nitrogens with zero attached hydrogens (tertiary/aromatic N) is 3. The zero-order valence-corrected chi connectivity index (χ0v) is 17.5. The molecule has 2 unspecified atom stereocenters.